The summed E-state index contributed by atoms with van der Waals surface area (Å²) in [5, 5.41) is 0. The molecule has 1 aliphatic rings. The van der Waals surface area contributed by atoms with E-state index < -0.39 is 0 Å². The van der Waals surface area contributed by atoms with E-state index in [1.165, 1.54) is 11.1 Å². The fourth-order valence-corrected chi connectivity index (χ4v) is 1.34. The Morgan fingerprint density at radius 2 is 2.00 bits per heavy atom. The van der Waals surface area contributed by atoms with Gasteiger partial charge in [0.1, 0.15) is 0 Å². The summed E-state index contributed by atoms with van der Waals surface area (Å²) in [6, 6.07) is 8.27. The van der Waals surface area contributed by atoms with E-state index in [2.05, 4.69) is 18.2 Å². The normalized spacial score (nSPS) is 25.3. The topological polar surface area (TPSA) is 0 Å². The number of aryl methyl sites for hydroxylation is 2. The maximum atomic E-state index is 7.61. The van der Waals surface area contributed by atoms with Crippen molar-refractivity contribution in [1.82, 2.24) is 0 Å². The quantitative estimate of drug-likeness (QED) is 0.491. The first kappa shape index (κ1) is 4.10. The molecule has 46 valence electrons. The average molecular weight is 119 g/mol. The zero-order chi connectivity index (χ0) is 6.97. The van der Waals surface area contributed by atoms with E-state index in [0.29, 0.717) is 0 Å². The molecule has 0 saturated heterocycles. The molecule has 0 amide bonds. The van der Waals surface area contributed by atoms with Crippen LogP contribution in [0.5, 0.6) is 0 Å². The molecule has 0 aliphatic heterocycles. The van der Waals surface area contributed by atoms with Gasteiger partial charge >= 0.3 is 0 Å². The van der Waals surface area contributed by atoms with Gasteiger partial charge in [-0.3, -0.25) is 0 Å². The zero-order valence-corrected chi connectivity index (χ0v) is 5.30. The molecule has 0 fully saturated rings. The highest BCUT2D eigenvalue weighted by atomic mass is 14.1. The Morgan fingerprint density at radius 1 is 1.22 bits per heavy atom. The molecule has 0 N–H and O–H groups in total. The van der Waals surface area contributed by atoms with Crippen molar-refractivity contribution in [2.45, 2.75) is 19.2 Å². The largest absolute Gasteiger partial charge is 0.0620 e. The van der Waals surface area contributed by atoms with E-state index in [1.807, 2.05) is 6.07 Å². The average Bonchev–Trinajstić information content (AvgIpc) is 2.34. The smallest absolute Gasteiger partial charge is 0.0316 e. The highest BCUT2D eigenvalue weighted by Crippen LogP contribution is 2.20. The van der Waals surface area contributed by atoms with Crippen LogP contribution < -0.4 is 0 Å². The molecular formula is C9H10. The Kier molecular flexibility index (Phi) is 0.853. The lowest BCUT2D eigenvalue weighted by molar-refractivity contribution is 0.912. The van der Waals surface area contributed by atoms with Crippen LogP contribution in [0.1, 0.15) is 18.9 Å². The van der Waals surface area contributed by atoms with Gasteiger partial charge in [-0.05, 0) is 30.4 Å². The van der Waals surface area contributed by atoms with Crippen LogP contribution in [0, 0.1) is 0 Å². The number of fused-ring (bicyclic) bond motifs is 1. The molecule has 1 atom stereocenters. The predicted molar refractivity (Wildman–Crippen MR) is 38.5 cm³/mol. The van der Waals surface area contributed by atoms with Crippen LogP contribution >= 0.6 is 0 Å². The van der Waals surface area contributed by atoms with Gasteiger partial charge in [0.15, 0.2) is 0 Å². The number of hydrogen-bond donors (Lipinski definition) is 0. The van der Waals surface area contributed by atoms with E-state index in [-0.39, 0.29) is 6.40 Å². The minimum atomic E-state index is 0.0520. The summed E-state index contributed by atoms with van der Waals surface area (Å²) in [4.78, 5) is 0. The van der Waals surface area contributed by atoms with E-state index >= 15 is 0 Å². The van der Waals surface area contributed by atoms with E-state index in [1.54, 1.807) is 0 Å². The Hall–Kier alpha value is -0.780. The maximum absolute atomic E-state index is 7.61. The van der Waals surface area contributed by atoms with Gasteiger partial charge in [0, 0.05) is 1.37 Å². The van der Waals surface area contributed by atoms with Gasteiger partial charge in [-0.2, -0.15) is 0 Å². The van der Waals surface area contributed by atoms with Gasteiger partial charge in [0.25, 0.3) is 0 Å². The minimum Gasteiger partial charge on any atom is -0.0620 e. The van der Waals surface area contributed by atoms with Gasteiger partial charge in [0.2, 0.25) is 0 Å². The Bertz CT molecular complexity index is 242. The van der Waals surface area contributed by atoms with Gasteiger partial charge in [-0.15, -0.1) is 0 Å². The van der Waals surface area contributed by atoms with Crippen molar-refractivity contribution in [3.05, 3.63) is 35.4 Å². The second-order valence-corrected chi connectivity index (χ2v) is 2.44. The molecule has 0 nitrogen and oxygen atoms in total. The van der Waals surface area contributed by atoms with Crippen LogP contribution in [0.25, 0.3) is 0 Å². The van der Waals surface area contributed by atoms with Gasteiger partial charge in [0.05, 0.1) is 0 Å². The van der Waals surface area contributed by atoms with Gasteiger partial charge in [-0.1, -0.05) is 24.3 Å². The molecule has 0 radical (unpaired) electrons. The van der Waals surface area contributed by atoms with Crippen molar-refractivity contribution >= 4 is 0 Å². The third-order valence-corrected chi connectivity index (χ3v) is 1.83. The van der Waals surface area contributed by atoms with Crippen molar-refractivity contribution in [3.8, 4) is 0 Å². The number of benzene rings is 1. The highest BCUT2D eigenvalue weighted by molar-refractivity contribution is 5.30. The van der Waals surface area contributed by atoms with Gasteiger partial charge in [-0.25, -0.2) is 0 Å². The van der Waals surface area contributed by atoms with E-state index in [0.717, 1.165) is 12.8 Å². The summed E-state index contributed by atoms with van der Waals surface area (Å²) in [6.07, 6.45) is 2.17. The lowest BCUT2D eigenvalue weighted by atomic mass is 10.1. The first-order chi connectivity index (χ1) is 4.88. The second kappa shape index (κ2) is 1.87. The first-order valence-corrected chi connectivity index (χ1v) is 3.38. The molecule has 0 saturated carbocycles. The lowest BCUT2D eigenvalue weighted by Crippen LogP contribution is -1.77. The fraction of sp³-hybridized carbons (Fsp3) is 0.333. The second-order valence-electron chi connectivity index (χ2n) is 2.44. The van der Waals surface area contributed by atoms with Crippen molar-refractivity contribution in [3.63, 3.8) is 0 Å². The summed E-state index contributed by atoms with van der Waals surface area (Å²) in [6.45, 7) is 0. The Balaban J connectivity index is 2.51. The molecule has 0 heterocycles. The Morgan fingerprint density at radius 3 is 2.78 bits per heavy atom. The molecular weight excluding hydrogens is 108 g/mol. The molecule has 1 unspecified atom stereocenters. The van der Waals surface area contributed by atoms with E-state index in [9.17, 15) is 0 Å². The zero-order valence-electron chi connectivity index (χ0n) is 6.30. The van der Waals surface area contributed by atoms with Crippen LogP contribution in [0.3, 0.4) is 0 Å². The third-order valence-electron chi connectivity index (χ3n) is 1.83. The summed E-state index contributed by atoms with van der Waals surface area (Å²) >= 11 is 0. The number of hydrogen-bond acceptors (Lipinski definition) is 0. The fourth-order valence-electron chi connectivity index (χ4n) is 1.34. The maximum Gasteiger partial charge on any atom is 0.0316 e. The van der Waals surface area contributed by atoms with Crippen molar-refractivity contribution < 1.29 is 1.37 Å². The predicted octanol–water partition coefficient (Wildman–Crippen LogP) is 2.18. The molecule has 0 bridgehead atoms. The van der Waals surface area contributed by atoms with Crippen LogP contribution in [-0.2, 0) is 12.8 Å². The molecule has 1 aromatic carbocycles. The van der Waals surface area contributed by atoms with Gasteiger partial charge < -0.3 is 0 Å². The lowest BCUT2D eigenvalue weighted by Gasteiger charge is -1.93. The first-order valence-electron chi connectivity index (χ1n) is 3.96. The minimum absolute atomic E-state index is 0.0520. The van der Waals surface area contributed by atoms with Crippen LogP contribution in [0.15, 0.2) is 24.3 Å². The van der Waals surface area contributed by atoms with E-state index in [4.69, 9.17) is 1.37 Å². The molecule has 0 aromatic heterocycles. The van der Waals surface area contributed by atoms with Crippen molar-refractivity contribution in [2.24, 2.45) is 0 Å². The van der Waals surface area contributed by atoms with Crippen LogP contribution in [-0.4, -0.2) is 0 Å². The summed E-state index contributed by atoms with van der Waals surface area (Å²) in [5.74, 6) is 0. The van der Waals surface area contributed by atoms with Crippen molar-refractivity contribution in [2.75, 3.05) is 0 Å². The summed E-state index contributed by atoms with van der Waals surface area (Å²) in [7, 11) is 0. The van der Waals surface area contributed by atoms with Crippen molar-refractivity contribution in [1.29, 1.82) is 0 Å². The SMILES string of the molecule is [2H]C1CCc2ccccc21. The Labute approximate surface area is 56.9 Å². The molecule has 0 spiro atoms. The molecule has 9 heavy (non-hydrogen) atoms. The molecule has 1 aliphatic carbocycles. The third kappa shape index (κ3) is 0.748. The summed E-state index contributed by atoms with van der Waals surface area (Å²) < 4.78 is 7.61. The van der Waals surface area contributed by atoms with Crippen LogP contribution in [0.2, 0.25) is 0 Å². The molecule has 1 aromatic rings. The van der Waals surface area contributed by atoms with Crippen LogP contribution in [0.4, 0.5) is 0 Å². The standard InChI is InChI=1S/C9H10/c1-2-5-9-7-3-6-8(9)4-1/h1-2,4-5H,3,6-7H2/i6D. The molecule has 2 rings (SSSR count). The monoisotopic (exact) mass is 119 g/mol. The highest BCUT2D eigenvalue weighted by Gasteiger charge is 2.07. The molecule has 0 heteroatoms. The number of rotatable bonds is 0. The summed E-state index contributed by atoms with van der Waals surface area (Å²) in [5.41, 5.74) is 2.62.